The number of nitrogens with one attached hydrogen (secondary N) is 2. The molecule has 1 aliphatic rings. The molecule has 0 spiro atoms. The molecule has 0 radical (unpaired) electrons. The van der Waals surface area contributed by atoms with Crippen molar-refractivity contribution in [2.24, 2.45) is 0 Å². The van der Waals surface area contributed by atoms with Crippen LogP contribution >= 0.6 is 24.0 Å². The summed E-state index contributed by atoms with van der Waals surface area (Å²) in [4.78, 5) is 14.1. The monoisotopic (exact) mass is 317 g/mol. The minimum Gasteiger partial charge on any atom is -0.351 e. The lowest BCUT2D eigenvalue weighted by Crippen LogP contribution is -2.52. The molecule has 1 amide bonds. The van der Waals surface area contributed by atoms with Gasteiger partial charge in [0.05, 0.1) is 6.54 Å². The summed E-state index contributed by atoms with van der Waals surface area (Å²) in [5, 5.41) is 6.97. The maximum Gasteiger partial charge on any atom is 0.234 e. The second-order valence-electron chi connectivity index (χ2n) is 4.93. The van der Waals surface area contributed by atoms with Crippen LogP contribution in [0.4, 0.5) is 0 Å². The van der Waals surface area contributed by atoms with Gasteiger partial charge in [0, 0.05) is 37.2 Å². The van der Waals surface area contributed by atoms with Gasteiger partial charge in [-0.2, -0.15) is 0 Å². The number of nitrogens with zero attached hydrogens (tertiary/aromatic N) is 1. The van der Waals surface area contributed by atoms with Crippen LogP contribution in [0.3, 0.4) is 0 Å². The Hall–Kier alpha value is -0.810. The molecule has 2 N–H and O–H groups in total. The van der Waals surface area contributed by atoms with Crippen LogP contribution in [0, 0.1) is 0 Å². The minimum absolute atomic E-state index is 0. The molecule has 0 saturated carbocycles. The van der Waals surface area contributed by atoms with E-state index in [2.05, 4.69) is 22.5 Å². The molecule has 2 rings (SSSR count). The SMILES string of the molecule is CC1CNCCN1CC(=O)NCc1ccc(Cl)cc1.Cl. The van der Waals surface area contributed by atoms with Crippen LogP contribution in [0.2, 0.25) is 5.02 Å². The molecule has 0 aromatic heterocycles. The fraction of sp³-hybridized carbons (Fsp3) is 0.500. The third kappa shape index (κ3) is 5.29. The highest BCUT2D eigenvalue weighted by molar-refractivity contribution is 6.30. The van der Waals surface area contributed by atoms with Crippen molar-refractivity contribution in [3.8, 4) is 0 Å². The zero-order valence-corrected chi connectivity index (χ0v) is 13.1. The molecule has 1 fully saturated rings. The van der Waals surface area contributed by atoms with Gasteiger partial charge >= 0.3 is 0 Å². The third-order valence-electron chi connectivity index (χ3n) is 3.39. The summed E-state index contributed by atoms with van der Waals surface area (Å²) in [6.07, 6.45) is 0. The van der Waals surface area contributed by atoms with E-state index in [1.54, 1.807) is 0 Å². The van der Waals surface area contributed by atoms with Gasteiger partial charge in [0.1, 0.15) is 0 Å². The Balaban J connectivity index is 0.00000200. The number of halogens is 2. The largest absolute Gasteiger partial charge is 0.351 e. The summed E-state index contributed by atoms with van der Waals surface area (Å²) >= 11 is 5.82. The molecule has 1 aliphatic heterocycles. The number of hydrogen-bond acceptors (Lipinski definition) is 3. The smallest absolute Gasteiger partial charge is 0.234 e. The molecule has 1 aromatic rings. The van der Waals surface area contributed by atoms with E-state index in [4.69, 9.17) is 11.6 Å². The molecule has 0 aliphatic carbocycles. The van der Waals surface area contributed by atoms with Crippen LogP contribution in [0.25, 0.3) is 0 Å². The normalized spacial score (nSPS) is 19.2. The zero-order chi connectivity index (χ0) is 13.7. The Labute approximate surface area is 131 Å². The van der Waals surface area contributed by atoms with E-state index in [9.17, 15) is 4.79 Å². The van der Waals surface area contributed by atoms with E-state index in [-0.39, 0.29) is 18.3 Å². The molecular weight excluding hydrogens is 297 g/mol. The van der Waals surface area contributed by atoms with Gasteiger partial charge in [-0.15, -0.1) is 12.4 Å². The van der Waals surface area contributed by atoms with E-state index < -0.39 is 0 Å². The van der Waals surface area contributed by atoms with Crippen LogP contribution in [0.1, 0.15) is 12.5 Å². The summed E-state index contributed by atoms with van der Waals surface area (Å²) in [6, 6.07) is 7.93. The Morgan fingerprint density at radius 1 is 1.45 bits per heavy atom. The fourth-order valence-corrected chi connectivity index (χ4v) is 2.29. The number of amides is 1. The predicted molar refractivity (Wildman–Crippen MR) is 84.5 cm³/mol. The standard InChI is InChI=1S/C14H20ClN3O.ClH/c1-11-8-16-6-7-18(11)10-14(19)17-9-12-2-4-13(15)5-3-12;/h2-5,11,16H,6-10H2,1H3,(H,17,19);1H. The highest BCUT2D eigenvalue weighted by atomic mass is 35.5. The first kappa shape index (κ1) is 17.2. The first-order chi connectivity index (χ1) is 9.15. The van der Waals surface area contributed by atoms with Crippen molar-refractivity contribution in [3.63, 3.8) is 0 Å². The van der Waals surface area contributed by atoms with Gasteiger partial charge in [-0.25, -0.2) is 0 Å². The van der Waals surface area contributed by atoms with Crippen LogP contribution in [0.15, 0.2) is 24.3 Å². The van der Waals surface area contributed by atoms with Crippen molar-refractivity contribution in [2.75, 3.05) is 26.2 Å². The lowest BCUT2D eigenvalue weighted by atomic mass is 10.2. The summed E-state index contributed by atoms with van der Waals surface area (Å²) in [5.74, 6) is 0.0729. The summed E-state index contributed by atoms with van der Waals surface area (Å²) in [6.45, 7) is 5.99. The zero-order valence-electron chi connectivity index (χ0n) is 11.6. The first-order valence-electron chi connectivity index (χ1n) is 6.61. The third-order valence-corrected chi connectivity index (χ3v) is 3.64. The van der Waals surface area contributed by atoms with Crippen molar-refractivity contribution in [2.45, 2.75) is 19.5 Å². The summed E-state index contributed by atoms with van der Waals surface area (Å²) in [7, 11) is 0. The lowest BCUT2D eigenvalue weighted by molar-refractivity contribution is -0.123. The second kappa shape index (κ2) is 8.47. The Bertz CT molecular complexity index is 425. The van der Waals surface area contributed by atoms with E-state index in [0.717, 1.165) is 25.2 Å². The number of benzene rings is 1. The van der Waals surface area contributed by atoms with Crippen LogP contribution < -0.4 is 10.6 Å². The number of piperazine rings is 1. The highest BCUT2D eigenvalue weighted by Crippen LogP contribution is 2.09. The Kier molecular flexibility index (Phi) is 7.30. The quantitative estimate of drug-likeness (QED) is 0.888. The van der Waals surface area contributed by atoms with Crippen molar-refractivity contribution in [3.05, 3.63) is 34.9 Å². The molecule has 1 saturated heterocycles. The fourth-order valence-electron chi connectivity index (χ4n) is 2.16. The number of carbonyl (C=O) groups is 1. The molecule has 1 aromatic carbocycles. The van der Waals surface area contributed by atoms with Crippen molar-refractivity contribution in [1.82, 2.24) is 15.5 Å². The molecule has 20 heavy (non-hydrogen) atoms. The number of rotatable bonds is 4. The first-order valence-corrected chi connectivity index (χ1v) is 6.99. The highest BCUT2D eigenvalue weighted by Gasteiger charge is 2.19. The summed E-state index contributed by atoms with van der Waals surface area (Å²) in [5.41, 5.74) is 1.06. The van der Waals surface area contributed by atoms with Gasteiger partial charge in [-0.3, -0.25) is 9.69 Å². The molecule has 6 heteroatoms. The summed E-state index contributed by atoms with van der Waals surface area (Å²) < 4.78 is 0. The van der Waals surface area contributed by atoms with Crippen molar-refractivity contribution < 1.29 is 4.79 Å². The second-order valence-corrected chi connectivity index (χ2v) is 5.36. The minimum atomic E-state index is 0. The Morgan fingerprint density at radius 2 is 2.15 bits per heavy atom. The van der Waals surface area contributed by atoms with E-state index in [1.165, 1.54) is 0 Å². The van der Waals surface area contributed by atoms with E-state index in [1.807, 2.05) is 24.3 Å². The van der Waals surface area contributed by atoms with Crippen LogP contribution in [0.5, 0.6) is 0 Å². The molecule has 112 valence electrons. The maximum absolute atomic E-state index is 11.9. The van der Waals surface area contributed by atoms with Gasteiger partial charge in [-0.1, -0.05) is 23.7 Å². The van der Waals surface area contributed by atoms with Crippen LogP contribution in [-0.4, -0.2) is 43.0 Å². The van der Waals surface area contributed by atoms with Gasteiger partial charge in [0.2, 0.25) is 5.91 Å². The van der Waals surface area contributed by atoms with E-state index in [0.29, 0.717) is 24.2 Å². The molecule has 4 nitrogen and oxygen atoms in total. The molecular formula is C14H21Cl2N3O. The average Bonchev–Trinajstić information content (AvgIpc) is 2.41. The Morgan fingerprint density at radius 3 is 2.80 bits per heavy atom. The van der Waals surface area contributed by atoms with Crippen molar-refractivity contribution >= 4 is 29.9 Å². The van der Waals surface area contributed by atoms with Crippen LogP contribution in [-0.2, 0) is 11.3 Å². The number of hydrogen-bond donors (Lipinski definition) is 2. The maximum atomic E-state index is 11.9. The van der Waals surface area contributed by atoms with Gasteiger partial charge < -0.3 is 10.6 Å². The van der Waals surface area contributed by atoms with Crippen molar-refractivity contribution in [1.29, 1.82) is 0 Å². The molecule has 0 bridgehead atoms. The topological polar surface area (TPSA) is 44.4 Å². The van der Waals surface area contributed by atoms with Gasteiger partial charge in [0.25, 0.3) is 0 Å². The van der Waals surface area contributed by atoms with E-state index >= 15 is 0 Å². The molecule has 1 heterocycles. The van der Waals surface area contributed by atoms with Gasteiger partial charge in [0.15, 0.2) is 0 Å². The predicted octanol–water partition coefficient (Wildman–Crippen LogP) is 1.67. The lowest BCUT2D eigenvalue weighted by Gasteiger charge is -2.33. The molecule has 1 unspecified atom stereocenters. The van der Waals surface area contributed by atoms with Gasteiger partial charge in [-0.05, 0) is 24.6 Å². The number of carbonyl (C=O) groups excluding carboxylic acids is 1. The average molecular weight is 318 g/mol. The molecule has 1 atom stereocenters.